The van der Waals surface area contributed by atoms with Gasteiger partial charge < -0.3 is 19.3 Å². The fourth-order valence-corrected chi connectivity index (χ4v) is 5.60. The number of ether oxygens (including phenoxy) is 3. The molecule has 7 heteroatoms. The predicted octanol–water partition coefficient (Wildman–Crippen LogP) is 6.30. The first-order valence-corrected chi connectivity index (χ1v) is 15.3. The summed E-state index contributed by atoms with van der Waals surface area (Å²) in [7, 11) is 0. The number of aliphatic carboxylic acids is 1. The highest BCUT2D eigenvalue weighted by atomic mass is 32.2. The molecule has 0 amide bonds. The van der Waals surface area contributed by atoms with E-state index in [1.165, 1.54) is 24.7 Å². The summed E-state index contributed by atoms with van der Waals surface area (Å²) in [6, 6.07) is 22.6. The number of aryl methyl sites for hydroxylation is 1. The van der Waals surface area contributed by atoms with E-state index in [9.17, 15) is 4.79 Å². The van der Waals surface area contributed by atoms with E-state index in [2.05, 4.69) is 71.3 Å². The molecule has 2 aliphatic rings. The summed E-state index contributed by atoms with van der Waals surface area (Å²) in [5.74, 6) is 6.83. The average Bonchev–Trinajstić information content (AvgIpc) is 3.82. The second kappa shape index (κ2) is 14.5. The largest absolute Gasteiger partial charge is 0.489 e. The first kappa shape index (κ1) is 29.8. The van der Waals surface area contributed by atoms with Crippen molar-refractivity contribution in [3.05, 3.63) is 95.1 Å². The molecule has 1 aliphatic heterocycles. The monoisotopic (exact) mass is 583 g/mol. The van der Waals surface area contributed by atoms with Gasteiger partial charge in [-0.1, -0.05) is 36.1 Å². The van der Waals surface area contributed by atoms with Crippen LogP contribution in [0.3, 0.4) is 0 Å². The third-order valence-electron chi connectivity index (χ3n) is 7.16. The summed E-state index contributed by atoms with van der Waals surface area (Å²) in [6.07, 6.45) is 3.80. The van der Waals surface area contributed by atoms with Crippen molar-refractivity contribution in [3.63, 3.8) is 0 Å². The van der Waals surface area contributed by atoms with Gasteiger partial charge >= 0.3 is 5.97 Å². The number of nitrogens with zero attached hydrogens (tertiary/aromatic N) is 1. The SMILES string of the molecule is Cc1cc(OC/C=C(/c2ccc(C#CCN3CCOCC3)cc2)c2ccc(SC3CC3)cc2)ccc1OC(C)C(=O)O. The number of morpholine rings is 1. The Balaban J connectivity index is 1.30. The molecule has 0 radical (unpaired) electrons. The fourth-order valence-electron chi connectivity index (χ4n) is 4.55. The highest BCUT2D eigenvalue weighted by molar-refractivity contribution is 8.00. The van der Waals surface area contributed by atoms with Crippen molar-refractivity contribution in [2.24, 2.45) is 0 Å². The van der Waals surface area contributed by atoms with Crippen LogP contribution in [0.4, 0.5) is 0 Å². The minimum absolute atomic E-state index is 0.375. The van der Waals surface area contributed by atoms with Gasteiger partial charge in [0.15, 0.2) is 6.10 Å². The Labute approximate surface area is 252 Å². The number of rotatable bonds is 11. The lowest BCUT2D eigenvalue weighted by atomic mass is 9.97. The summed E-state index contributed by atoms with van der Waals surface area (Å²) in [4.78, 5) is 14.8. The van der Waals surface area contributed by atoms with Crippen LogP contribution in [0.5, 0.6) is 11.5 Å². The van der Waals surface area contributed by atoms with E-state index in [0.717, 1.165) is 65.9 Å². The Hall–Kier alpha value is -3.70. The molecule has 1 saturated heterocycles. The van der Waals surface area contributed by atoms with Gasteiger partial charge in [-0.25, -0.2) is 4.79 Å². The van der Waals surface area contributed by atoms with Gasteiger partial charge in [-0.2, -0.15) is 0 Å². The molecule has 3 aromatic rings. The first-order chi connectivity index (χ1) is 20.4. The summed E-state index contributed by atoms with van der Waals surface area (Å²) in [5.41, 5.74) is 5.14. The molecule has 218 valence electrons. The Kier molecular flexibility index (Phi) is 10.3. The van der Waals surface area contributed by atoms with Gasteiger partial charge in [-0.05, 0) is 97.5 Å². The van der Waals surface area contributed by atoms with Gasteiger partial charge in [0.05, 0.1) is 19.8 Å². The number of carboxylic acids is 1. The molecule has 2 fully saturated rings. The minimum Gasteiger partial charge on any atom is -0.489 e. The molecular weight excluding hydrogens is 546 g/mol. The number of carbonyl (C=O) groups is 1. The zero-order valence-corrected chi connectivity index (χ0v) is 25.0. The summed E-state index contributed by atoms with van der Waals surface area (Å²) >= 11 is 1.96. The molecule has 1 aliphatic carbocycles. The van der Waals surface area contributed by atoms with Crippen molar-refractivity contribution < 1.29 is 24.1 Å². The number of benzene rings is 3. The Morgan fingerprint density at radius 3 is 2.40 bits per heavy atom. The second-order valence-corrected chi connectivity index (χ2v) is 11.9. The van der Waals surface area contributed by atoms with Crippen LogP contribution in [-0.4, -0.2) is 66.8 Å². The molecule has 1 unspecified atom stereocenters. The van der Waals surface area contributed by atoms with E-state index in [1.807, 2.05) is 24.8 Å². The van der Waals surface area contributed by atoms with Crippen LogP contribution < -0.4 is 9.47 Å². The lowest BCUT2D eigenvalue weighted by molar-refractivity contribution is -0.144. The highest BCUT2D eigenvalue weighted by Gasteiger charge is 2.22. The number of thioether (sulfide) groups is 1. The quantitative estimate of drug-likeness (QED) is 0.266. The number of carboxylic acid groups (broad SMARTS) is 1. The van der Waals surface area contributed by atoms with E-state index in [1.54, 1.807) is 12.1 Å². The topological polar surface area (TPSA) is 68.2 Å². The van der Waals surface area contributed by atoms with E-state index in [4.69, 9.17) is 19.3 Å². The van der Waals surface area contributed by atoms with E-state index in [0.29, 0.717) is 18.1 Å². The standard InChI is InChI=1S/C35H37NO5S/c1-25-24-30(11-16-34(25)41-26(2)35(37)38)40-21-17-33(29-9-12-31(13-10-29)42-32-14-15-32)28-7-5-27(6-8-28)4-3-18-36-19-22-39-23-20-36/h5-13,16-17,24,26,32H,14-15,18-23H2,1-2H3,(H,37,38)/b33-17-. The minimum atomic E-state index is -1.00. The lowest BCUT2D eigenvalue weighted by Crippen LogP contribution is -2.36. The zero-order chi connectivity index (χ0) is 29.3. The molecular formula is C35H37NO5S. The van der Waals surface area contributed by atoms with Crippen LogP contribution in [0, 0.1) is 18.8 Å². The summed E-state index contributed by atoms with van der Waals surface area (Å²) < 4.78 is 17.1. The predicted molar refractivity (Wildman–Crippen MR) is 167 cm³/mol. The third-order valence-corrected chi connectivity index (χ3v) is 8.51. The lowest BCUT2D eigenvalue weighted by Gasteiger charge is -2.24. The zero-order valence-electron chi connectivity index (χ0n) is 24.2. The van der Waals surface area contributed by atoms with Gasteiger partial charge in [0, 0.05) is 28.8 Å². The molecule has 0 bridgehead atoms. The van der Waals surface area contributed by atoms with Gasteiger partial charge in [0.2, 0.25) is 0 Å². The summed E-state index contributed by atoms with van der Waals surface area (Å²) in [5, 5.41) is 9.90. The average molecular weight is 584 g/mol. The van der Waals surface area contributed by atoms with Gasteiger partial charge in [-0.15, -0.1) is 11.8 Å². The Morgan fingerprint density at radius 1 is 1.07 bits per heavy atom. The fraction of sp³-hybridized carbons (Fsp3) is 0.343. The van der Waals surface area contributed by atoms with Crippen molar-refractivity contribution in [2.75, 3.05) is 39.5 Å². The molecule has 0 aromatic heterocycles. The molecule has 0 spiro atoms. The molecule has 6 nitrogen and oxygen atoms in total. The van der Waals surface area contributed by atoms with Crippen LogP contribution in [0.25, 0.3) is 5.57 Å². The van der Waals surface area contributed by atoms with Crippen LogP contribution in [0.1, 0.15) is 42.0 Å². The summed E-state index contributed by atoms with van der Waals surface area (Å²) in [6.45, 7) is 7.95. The molecule has 3 aromatic carbocycles. The molecule has 1 heterocycles. The van der Waals surface area contributed by atoms with Gasteiger partial charge in [-0.3, -0.25) is 4.90 Å². The Bertz CT molecular complexity index is 1450. The van der Waals surface area contributed by atoms with Crippen LogP contribution in [0.15, 0.2) is 77.7 Å². The van der Waals surface area contributed by atoms with E-state index >= 15 is 0 Å². The molecule has 42 heavy (non-hydrogen) atoms. The van der Waals surface area contributed by atoms with Crippen molar-refractivity contribution in [3.8, 4) is 23.3 Å². The first-order valence-electron chi connectivity index (χ1n) is 14.4. The van der Waals surface area contributed by atoms with Crippen molar-refractivity contribution in [1.29, 1.82) is 0 Å². The van der Waals surface area contributed by atoms with Crippen LogP contribution in [0.2, 0.25) is 0 Å². The smallest absolute Gasteiger partial charge is 0.344 e. The molecule has 5 rings (SSSR count). The maximum atomic E-state index is 11.1. The highest BCUT2D eigenvalue weighted by Crippen LogP contribution is 2.39. The molecule has 1 N–H and O–H groups in total. The van der Waals surface area contributed by atoms with E-state index in [-0.39, 0.29) is 0 Å². The van der Waals surface area contributed by atoms with E-state index < -0.39 is 12.1 Å². The van der Waals surface area contributed by atoms with Gasteiger partial charge in [0.1, 0.15) is 18.1 Å². The van der Waals surface area contributed by atoms with Crippen molar-refractivity contribution in [1.82, 2.24) is 4.90 Å². The van der Waals surface area contributed by atoms with Crippen molar-refractivity contribution in [2.45, 2.75) is 42.9 Å². The maximum absolute atomic E-state index is 11.1. The number of hydrogen-bond donors (Lipinski definition) is 1. The van der Waals surface area contributed by atoms with Crippen LogP contribution >= 0.6 is 11.8 Å². The van der Waals surface area contributed by atoms with Crippen LogP contribution in [-0.2, 0) is 9.53 Å². The number of hydrogen-bond acceptors (Lipinski definition) is 6. The molecule has 1 atom stereocenters. The van der Waals surface area contributed by atoms with Gasteiger partial charge in [0.25, 0.3) is 0 Å². The second-order valence-electron chi connectivity index (χ2n) is 10.6. The maximum Gasteiger partial charge on any atom is 0.344 e. The third kappa shape index (κ3) is 8.65. The molecule has 1 saturated carbocycles. The van der Waals surface area contributed by atoms with Crippen molar-refractivity contribution >= 4 is 23.3 Å². The Morgan fingerprint density at radius 2 is 1.76 bits per heavy atom. The normalized spacial score (nSPS) is 16.3.